The highest BCUT2D eigenvalue weighted by Crippen LogP contribution is 2.12. The summed E-state index contributed by atoms with van der Waals surface area (Å²) in [4.78, 5) is 2.50. The SMILES string of the molecule is CCCN1CCn2nc(C)cc2C1. The van der Waals surface area contributed by atoms with E-state index in [1.807, 2.05) is 0 Å². The Kier molecular flexibility index (Phi) is 2.36. The van der Waals surface area contributed by atoms with E-state index in [0.717, 1.165) is 25.3 Å². The number of rotatable bonds is 2. The molecule has 1 aromatic heterocycles. The van der Waals surface area contributed by atoms with Crippen LogP contribution in [0.1, 0.15) is 24.7 Å². The fourth-order valence-corrected chi connectivity index (χ4v) is 1.97. The molecule has 0 spiro atoms. The van der Waals surface area contributed by atoms with Gasteiger partial charge in [-0.2, -0.15) is 5.10 Å². The Bertz CT molecular complexity index is 290. The lowest BCUT2D eigenvalue weighted by Gasteiger charge is -2.26. The zero-order chi connectivity index (χ0) is 9.26. The Morgan fingerprint density at radius 1 is 1.46 bits per heavy atom. The first-order chi connectivity index (χ1) is 6.29. The topological polar surface area (TPSA) is 21.1 Å². The van der Waals surface area contributed by atoms with Gasteiger partial charge in [-0.1, -0.05) is 6.92 Å². The van der Waals surface area contributed by atoms with E-state index in [1.165, 1.54) is 18.7 Å². The van der Waals surface area contributed by atoms with Crippen molar-refractivity contribution in [2.45, 2.75) is 33.4 Å². The van der Waals surface area contributed by atoms with Crippen molar-refractivity contribution in [3.8, 4) is 0 Å². The third kappa shape index (κ3) is 1.75. The molecule has 3 nitrogen and oxygen atoms in total. The molecule has 1 aromatic rings. The van der Waals surface area contributed by atoms with Crippen LogP contribution in [0.4, 0.5) is 0 Å². The summed E-state index contributed by atoms with van der Waals surface area (Å²) in [6.45, 7) is 8.80. The molecule has 2 heterocycles. The average molecular weight is 179 g/mol. The molecule has 0 atom stereocenters. The zero-order valence-corrected chi connectivity index (χ0v) is 8.45. The molecule has 0 saturated heterocycles. The molecule has 1 aliphatic heterocycles. The van der Waals surface area contributed by atoms with E-state index < -0.39 is 0 Å². The predicted molar refractivity (Wildman–Crippen MR) is 52.5 cm³/mol. The van der Waals surface area contributed by atoms with Gasteiger partial charge in [0.1, 0.15) is 0 Å². The Morgan fingerprint density at radius 3 is 3.08 bits per heavy atom. The Hall–Kier alpha value is -0.830. The molecule has 3 heteroatoms. The van der Waals surface area contributed by atoms with E-state index in [1.54, 1.807) is 0 Å². The summed E-state index contributed by atoms with van der Waals surface area (Å²) in [6, 6.07) is 2.20. The van der Waals surface area contributed by atoms with E-state index in [0.29, 0.717) is 0 Å². The normalized spacial score (nSPS) is 17.4. The second-order valence-corrected chi connectivity index (χ2v) is 3.78. The molecular formula is C10H17N3. The molecule has 0 fully saturated rings. The van der Waals surface area contributed by atoms with Crippen molar-refractivity contribution >= 4 is 0 Å². The molecule has 0 radical (unpaired) electrons. The minimum Gasteiger partial charge on any atom is -0.296 e. The summed E-state index contributed by atoms with van der Waals surface area (Å²) < 4.78 is 2.14. The summed E-state index contributed by atoms with van der Waals surface area (Å²) in [7, 11) is 0. The van der Waals surface area contributed by atoms with Crippen molar-refractivity contribution in [1.82, 2.24) is 14.7 Å². The smallest absolute Gasteiger partial charge is 0.0597 e. The third-order valence-corrected chi connectivity index (χ3v) is 2.54. The summed E-state index contributed by atoms with van der Waals surface area (Å²) in [5.41, 5.74) is 2.52. The van der Waals surface area contributed by atoms with E-state index >= 15 is 0 Å². The second-order valence-electron chi connectivity index (χ2n) is 3.78. The van der Waals surface area contributed by atoms with E-state index in [4.69, 9.17) is 0 Å². The molecule has 0 aliphatic carbocycles. The molecule has 72 valence electrons. The van der Waals surface area contributed by atoms with Crippen LogP contribution >= 0.6 is 0 Å². The van der Waals surface area contributed by atoms with Crippen LogP contribution in [0.2, 0.25) is 0 Å². The third-order valence-electron chi connectivity index (χ3n) is 2.54. The van der Waals surface area contributed by atoms with Crippen molar-refractivity contribution in [1.29, 1.82) is 0 Å². The predicted octanol–water partition coefficient (Wildman–Crippen LogP) is 1.42. The fraction of sp³-hybridized carbons (Fsp3) is 0.700. The van der Waals surface area contributed by atoms with Crippen LogP contribution in [0.5, 0.6) is 0 Å². The van der Waals surface area contributed by atoms with Crippen molar-refractivity contribution in [3.63, 3.8) is 0 Å². The summed E-state index contributed by atoms with van der Waals surface area (Å²) in [5, 5.41) is 4.44. The maximum atomic E-state index is 4.44. The van der Waals surface area contributed by atoms with Gasteiger partial charge in [0.25, 0.3) is 0 Å². The number of hydrogen-bond acceptors (Lipinski definition) is 2. The number of nitrogens with zero attached hydrogens (tertiary/aromatic N) is 3. The van der Waals surface area contributed by atoms with Crippen LogP contribution in [0, 0.1) is 6.92 Å². The first-order valence-electron chi connectivity index (χ1n) is 5.05. The lowest BCUT2D eigenvalue weighted by atomic mass is 10.3. The maximum Gasteiger partial charge on any atom is 0.0597 e. The van der Waals surface area contributed by atoms with Gasteiger partial charge < -0.3 is 0 Å². The van der Waals surface area contributed by atoms with Crippen molar-refractivity contribution in [3.05, 3.63) is 17.5 Å². The van der Waals surface area contributed by atoms with Crippen molar-refractivity contribution in [2.75, 3.05) is 13.1 Å². The Balaban J connectivity index is 2.10. The van der Waals surface area contributed by atoms with Gasteiger partial charge in [0, 0.05) is 13.1 Å². The van der Waals surface area contributed by atoms with Crippen molar-refractivity contribution in [2.24, 2.45) is 0 Å². The van der Waals surface area contributed by atoms with Crippen LogP contribution in [0.3, 0.4) is 0 Å². The van der Waals surface area contributed by atoms with E-state index in [-0.39, 0.29) is 0 Å². The summed E-state index contributed by atoms with van der Waals surface area (Å²) >= 11 is 0. The highest BCUT2D eigenvalue weighted by atomic mass is 15.3. The van der Waals surface area contributed by atoms with Gasteiger partial charge in [-0.15, -0.1) is 0 Å². The van der Waals surface area contributed by atoms with Crippen LogP contribution in [-0.2, 0) is 13.1 Å². The number of fused-ring (bicyclic) bond motifs is 1. The van der Waals surface area contributed by atoms with Gasteiger partial charge in [0.15, 0.2) is 0 Å². The van der Waals surface area contributed by atoms with Gasteiger partial charge in [0.2, 0.25) is 0 Å². The van der Waals surface area contributed by atoms with Gasteiger partial charge in [0.05, 0.1) is 17.9 Å². The standard InChI is InChI=1S/C10H17N3/c1-3-4-12-5-6-13-10(8-12)7-9(2)11-13/h7H,3-6,8H2,1-2H3. The number of aromatic nitrogens is 2. The Morgan fingerprint density at radius 2 is 2.31 bits per heavy atom. The molecule has 0 amide bonds. The molecule has 1 aliphatic rings. The van der Waals surface area contributed by atoms with Gasteiger partial charge in [-0.3, -0.25) is 9.58 Å². The van der Waals surface area contributed by atoms with Crippen LogP contribution in [-0.4, -0.2) is 27.8 Å². The molecule has 13 heavy (non-hydrogen) atoms. The maximum absolute atomic E-state index is 4.44. The molecule has 0 N–H and O–H groups in total. The Labute approximate surface area is 79.3 Å². The molecule has 0 aromatic carbocycles. The number of aryl methyl sites for hydroxylation is 1. The second kappa shape index (κ2) is 3.50. The van der Waals surface area contributed by atoms with E-state index in [2.05, 4.69) is 34.6 Å². The van der Waals surface area contributed by atoms with Crippen molar-refractivity contribution < 1.29 is 0 Å². The monoisotopic (exact) mass is 179 g/mol. The van der Waals surface area contributed by atoms with Gasteiger partial charge in [-0.25, -0.2) is 0 Å². The lowest BCUT2D eigenvalue weighted by Crippen LogP contribution is -2.34. The fourth-order valence-electron chi connectivity index (χ4n) is 1.97. The summed E-state index contributed by atoms with van der Waals surface area (Å²) in [5.74, 6) is 0. The lowest BCUT2D eigenvalue weighted by molar-refractivity contribution is 0.213. The van der Waals surface area contributed by atoms with Gasteiger partial charge in [-0.05, 0) is 26.0 Å². The summed E-state index contributed by atoms with van der Waals surface area (Å²) in [6.07, 6.45) is 1.24. The molecule has 0 saturated carbocycles. The molecule has 2 rings (SSSR count). The molecule has 0 bridgehead atoms. The first kappa shape index (κ1) is 8.75. The quantitative estimate of drug-likeness (QED) is 0.684. The molecule has 0 unspecified atom stereocenters. The van der Waals surface area contributed by atoms with Crippen LogP contribution in [0.25, 0.3) is 0 Å². The zero-order valence-electron chi connectivity index (χ0n) is 8.45. The van der Waals surface area contributed by atoms with Crippen LogP contribution < -0.4 is 0 Å². The van der Waals surface area contributed by atoms with Crippen LogP contribution in [0.15, 0.2) is 6.07 Å². The highest BCUT2D eigenvalue weighted by Gasteiger charge is 2.15. The molecular weight excluding hydrogens is 162 g/mol. The highest BCUT2D eigenvalue weighted by molar-refractivity contribution is 5.10. The van der Waals surface area contributed by atoms with Gasteiger partial charge >= 0.3 is 0 Å². The largest absolute Gasteiger partial charge is 0.296 e. The minimum atomic E-state index is 1.06. The first-order valence-corrected chi connectivity index (χ1v) is 5.05. The minimum absolute atomic E-state index is 1.06. The average Bonchev–Trinajstić information content (AvgIpc) is 2.44. The van der Waals surface area contributed by atoms with E-state index in [9.17, 15) is 0 Å². The number of hydrogen-bond donors (Lipinski definition) is 0.